The first kappa shape index (κ1) is 30.6. The predicted octanol–water partition coefficient (Wildman–Crippen LogP) is 5.39. The summed E-state index contributed by atoms with van der Waals surface area (Å²) in [5.41, 5.74) is 1.69. The highest BCUT2D eigenvalue weighted by atomic mass is 35.5. The minimum Gasteiger partial charge on any atom is -0.493 e. The van der Waals surface area contributed by atoms with Crippen LogP contribution in [0.2, 0.25) is 5.02 Å². The van der Waals surface area contributed by atoms with Gasteiger partial charge in [-0.1, -0.05) is 59.6 Å². The zero-order chi connectivity index (χ0) is 29.9. The lowest BCUT2D eigenvalue weighted by molar-refractivity contribution is 0.121. The van der Waals surface area contributed by atoms with Gasteiger partial charge in [0.1, 0.15) is 21.4 Å². The molecule has 1 aliphatic carbocycles. The molecule has 2 aromatic rings. The second kappa shape index (κ2) is 13.2. The van der Waals surface area contributed by atoms with Crippen LogP contribution in [-0.2, 0) is 9.84 Å². The van der Waals surface area contributed by atoms with Gasteiger partial charge < -0.3 is 9.64 Å². The number of amidine groups is 1. The van der Waals surface area contributed by atoms with E-state index in [1.54, 1.807) is 0 Å². The molecule has 224 valence electrons. The quantitative estimate of drug-likeness (QED) is 0.390. The Morgan fingerprint density at radius 1 is 1.05 bits per heavy atom. The van der Waals surface area contributed by atoms with Crippen molar-refractivity contribution in [2.24, 2.45) is 10.9 Å². The van der Waals surface area contributed by atoms with Gasteiger partial charge in [0.05, 0.1) is 30.0 Å². The molecule has 0 radical (unpaired) electrons. The molecule has 2 aromatic carbocycles. The van der Waals surface area contributed by atoms with Crippen LogP contribution in [0.4, 0.5) is 4.79 Å². The van der Waals surface area contributed by atoms with Crippen molar-refractivity contribution >= 4 is 44.9 Å². The van der Waals surface area contributed by atoms with E-state index in [9.17, 15) is 13.2 Å². The second-order valence-corrected chi connectivity index (χ2v) is 14.0. The third-order valence-corrected chi connectivity index (χ3v) is 9.35. The Morgan fingerprint density at radius 2 is 1.76 bits per heavy atom. The number of benzene rings is 2. The number of carbonyl (C=O) groups is 1. The van der Waals surface area contributed by atoms with Gasteiger partial charge in [0, 0.05) is 55.0 Å². The van der Waals surface area contributed by atoms with Crippen molar-refractivity contribution in [1.82, 2.24) is 14.7 Å². The van der Waals surface area contributed by atoms with Crippen LogP contribution >= 0.6 is 23.2 Å². The summed E-state index contributed by atoms with van der Waals surface area (Å²) >= 11 is 12.6. The number of ether oxygens (including phenoxy) is 1. The first-order valence-electron chi connectivity index (χ1n) is 14.2. The number of hydrogen-bond donors (Lipinski definition) is 0. The molecule has 1 unspecified atom stereocenters. The van der Waals surface area contributed by atoms with Crippen molar-refractivity contribution in [2.75, 3.05) is 51.3 Å². The Hall–Kier alpha value is -2.85. The number of hydrogen-bond acceptors (Lipinski definition) is 6. The average molecular weight is 632 g/mol. The number of allylic oxidation sites excluding steroid dienone is 3. The van der Waals surface area contributed by atoms with Gasteiger partial charge in [-0.3, -0.25) is 14.8 Å². The van der Waals surface area contributed by atoms with Crippen molar-refractivity contribution in [3.05, 3.63) is 87.9 Å². The normalized spacial score (nSPS) is 23.1. The van der Waals surface area contributed by atoms with Crippen LogP contribution in [0.5, 0.6) is 5.75 Å². The van der Waals surface area contributed by atoms with E-state index in [-0.39, 0.29) is 29.8 Å². The molecule has 3 aliphatic rings. The summed E-state index contributed by atoms with van der Waals surface area (Å²) < 4.78 is 29.4. The number of aliphatic imine (C=N–C) groups is 1. The van der Waals surface area contributed by atoms with E-state index in [1.165, 1.54) is 6.26 Å². The minimum absolute atomic E-state index is 0.0214. The summed E-state index contributed by atoms with van der Waals surface area (Å²) in [5, 5.41) is 1.31. The van der Waals surface area contributed by atoms with Gasteiger partial charge in [-0.05, 0) is 49.2 Å². The van der Waals surface area contributed by atoms with Gasteiger partial charge in [0.25, 0.3) is 0 Å². The number of para-hydroxylation sites is 1. The van der Waals surface area contributed by atoms with Gasteiger partial charge in [0.15, 0.2) is 0 Å². The van der Waals surface area contributed by atoms with Crippen LogP contribution in [0, 0.1) is 5.92 Å². The lowest BCUT2D eigenvalue weighted by Crippen LogP contribution is -2.55. The molecule has 11 heteroatoms. The molecular formula is C31H36Cl2N4O4S. The summed E-state index contributed by atoms with van der Waals surface area (Å²) in [6, 6.07) is 14.5. The molecule has 2 amide bonds. The Labute approximate surface area is 258 Å². The maximum atomic E-state index is 14.5. The molecule has 0 saturated carbocycles. The van der Waals surface area contributed by atoms with E-state index in [2.05, 4.69) is 11.0 Å². The van der Waals surface area contributed by atoms with E-state index in [1.807, 2.05) is 77.4 Å². The number of amides is 2. The van der Waals surface area contributed by atoms with Crippen LogP contribution in [-0.4, -0.2) is 92.4 Å². The summed E-state index contributed by atoms with van der Waals surface area (Å²) in [5.74, 6) is 1.36. The fraction of sp³-hybridized carbons (Fsp3) is 0.419. The van der Waals surface area contributed by atoms with Crippen molar-refractivity contribution < 1.29 is 17.9 Å². The van der Waals surface area contributed by atoms with E-state index in [0.29, 0.717) is 67.4 Å². The van der Waals surface area contributed by atoms with Gasteiger partial charge in [0.2, 0.25) is 0 Å². The Bertz CT molecular complexity index is 1480. The van der Waals surface area contributed by atoms with Crippen LogP contribution in [0.25, 0.3) is 0 Å². The minimum atomic E-state index is -3.06. The zero-order valence-corrected chi connectivity index (χ0v) is 26.2. The number of halogens is 2. The average Bonchev–Trinajstić information content (AvgIpc) is 3.37. The second-order valence-electron chi connectivity index (χ2n) is 10.8. The maximum absolute atomic E-state index is 14.5. The van der Waals surface area contributed by atoms with Gasteiger partial charge in [-0.15, -0.1) is 0 Å². The number of urea groups is 1. The number of piperazine rings is 1. The smallest absolute Gasteiger partial charge is 0.326 e. The monoisotopic (exact) mass is 630 g/mol. The highest BCUT2D eigenvalue weighted by Gasteiger charge is 2.46. The van der Waals surface area contributed by atoms with Crippen molar-refractivity contribution in [3.8, 4) is 5.75 Å². The largest absolute Gasteiger partial charge is 0.493 e. The predicted molar refractivity (Wildman–Crippen MR) is 168 cm³/mol. The zero-order valence-electron chi connectivity index (χ0n) is 23.8. The number of nitrogens with zero attached hydrogens (tertiary/aromatic N) is 4. The molecule has 0 aromatic heterocycles. The van der Waals surface area contributed by atoms with E-state index < -0.39 is 9.84 Å². The van der Waals surface area contributed by atoms with Gasteiger partial charge >= 0.3 is 6.03 Å². The van der Waals surface area contributed by atoms with E-state index in [0.717, 1.165) is 11.1 Å². The maximum Gasteiger partial charge on any atom is 0.326 e. The topological polar surface area (TPSA) is 82.5 Å². The molecule has 0 spiro atoms. The number of rotatable bonds is 8. The van der Waals surface area contributed by atoms with Crippen LogP contribution in [0.3, 0.4) is 0 Å². The van der Waals surface area contributed by atoms with Crippen molar-refractivity contribution in [2.45, 2.75) is 25.4 Å². The van der Waals surface area contributed by atoms with Crippen molar-refractivity contribution in [1.29, 1.82) is 0 Å². The number of carbonyl (C=O) groups excluding carboxylic acids is 1. The molecule has 2 heterocycles. The van der Waals surface area contributed by atoms with E-state index >= 15 is 0 Å². The molecule has 0 N–H and O–H groups in total. The Morgan fingerprint density at radius 3 is 2.40 bits per heavy atom. The molecule has 1 saturated heterocycles. The number of sulfone groups is 1. The lowest BCUT2D eigenvalue weighted by Gasteiger charge is -2.39. The summed E-state index contributed by atoms with van der Waals surface area (Å²) in [6.07, 6.45) is 7.93. The van der Waals surface area contributed by atoms with Gasteiger partial charge in [-0.2, -0.15) is 0 Å². The molecule has 2 aliphatic heterocycles. The summed E-state index contributed by atoms with van der Waals surface area (Å²) in [7, 11) is -3.06. The van der Waals surface area contributed by atoms with Crippen LogP contribution in [0.1, 0.15) is 30.5 Å². The third-order valence-electron chi connectivity index (χ3n) is 7.89. The first-order valence-corrected chi connectivity index (χ1v) is 17.0. The standard InChI is InChI=1S/C31H36Cl2N4O4S/c1-3-41-27-7-5-4-6-26(27)30-34-28(22-8-12-24(32)13-9-22)29(23-10-14-25(33)15-11-23)37(30)31(38)36-18-16-35(17-19-36)20-21-42(2,39)40/h4-8,10-15,22,28-29H,3,9,16-21H2,1-2H3/t22?,28-,29+/m0/s1. The highest BCUT2D eigenvalue weighted by molar-refractivity contribution is 7.90. The molecular weight excluding hydrogens is 595 g/mol. The lowest BCUT2D eigenvalue weighted by atomic mass is 9.85. The molecule has 1 fully saturated rings. The van der Waals surface area contributed by atoms with Crippen molar-refractivity contribution in [3.63, 3.8) is 0 Å². The Kier molecular flexibility index (Phi) is 9.62. The van der Waals surface area contributed by atoms with Crippen LogP contribution < -0.4 is 4.74 Å². The molecule has 42 heavy (non-hydrogen) atoms. The SMILES string of the molecule is CCOc1ccccc1C1=N[C@@H](C2C=CC(Cl)=CC2)[C@@H](c2ccc(Cl)cc2)N1C(=O)N1CCN(CCS(C)(=O)=O)CC1. The van der Waals surface area contributed by atoms with Crippen LogP contribution in [0.15, 0.2) is 76.8 Å². The third kappa shape index (κ3) is 7.02. The molecule has 0 bridgehead atoms. The molecule has 3 atom stereocenters. The first-order chi connectivity index (χ1) is 20.1. The summed E-state index contributed by atoms with van der Waals surface area (Å²) in [6.45, 7) is 5.03. The van der Waals surface area contributed by atoms with E-state index in [4.69, 9.17) is 32.9 Å². The molecule has 8 nitrogen and oxygen atoms in total. The fourth-order valence-corrected chi connectivity index (χ4v) is 6.59. The Balaban J connectivity index is 1.52. The highest BCUT2D eigenvalue weighted by Crippen LogP contribution is 2.42. The fourth-order valence-electron chi connectivity index (χ4n) is 5.71. The molecule has 5 rings (SSSR count). The van der Waals surface area contributed by atoms with Gasteiger partial charge in [-0.25, -0.2) is 13.2 Å². The summed E-state index contributed by atoms with van der Waals surface area (Å²) in [4.78, 5) is 25.6.